The fraction of sp³-hybridized carbons (Fsp3) is 0.250. The Bertz CT molecular complexity index is 507. The summed E-state index contributed by atoms with van der Waals surface area (Å²) in [4.78, 5) is 4.15. The van der Waals surface area contributed by atoms with E-state index in [1.165, 1.54) is 0 Å². The first-order chi connectivity index (χ1) is 7.59. The van der Waals surface area contributed by atoms with Crippen LogP contribution in [0, 0.1) is 6.92 Å². The van der Waals surface area contributed by atoms with Gasteiger partial charge in [-0.1, -0.05) is 28.1 Å². The van der Waals surface area contributed by atoms with Crippen molar-refractivity contribution in [3.05, 3.63) is 52.0 Å². The van der Waals surface area contributed by atoms with Crippen molar-refractivity contribution in [3.63, 3.8) is 0 Å². The van der Waals surface area contributed by atoms with E-state index in [-0.39, 0.29) is 0 Å². The highest BCUT2D eigenvalue weighted by atomic mass is 79.9. The molecule has 0 aliphatic rings. The zero-order chi connectivity index (χ0) is 11.7. The van der Waals surface area contributed by atoms with E-state index in [9.17, 15) is 5.11 Å². The van der Waals surface area contributed by atoms with Gasteiger partial charge in [0.25, 0.3) is 0 Å². The lowest BCUT2D eigenvalue weighted by molar-refractivity contribution is 0.206. The first kappa shape index (κ1) is 11.4. The molecular weight excluding hydrogens is 268 g/mol. The number of halogens is 1. The first-order valence-corrected chi connectivity index (χ1v) is 5.80. The van der Waals surface area contributed by atoms with Gasteiger partial charge in [-0.25, -0.2) is 4.98 Å². The van der Waals surface area contributed by atoms with Crippen LogP contribution in [0.15, 0.2) is 35.1 Å². The van der Waals surface area contributed by atoms with E-state index in [1.54, 1.807) is 6.20 Å². The molecule has 1 aromatic heterocycles. The predicted molar refractivity (Wildman–Crippen MR) is 66.1 cm³/mol. The molecule has 0 saturated carbocycles. The van der Waals surface area contributed by atoms with E-state index in [0.717, 1.165) is 15.6 Å². The van der Waals surface area contributed by atoms with Crippen molar-refractivity contribution in [2.24, 2.45) is 7.05 Å². The van der Waals surface area contributed by atoms with Crippen molar-refractivity contribution >= 4 is 15.9 Å². The van der Waals surface area contributed by atoms with E-state index in [0.29, 0.717) is 5.82 Å². The second-order valence-electron chi connectivity index (χ2n) is 3.81. The molecule has 1 heterocycles. The summed E-state index contributed by atoms with van der Waals surface area (Å²) in [6.07, 6.45) is 2.83. The summed E-state index contributed by atoms with van der Waals surface area (Å²) >= 11 is 3.44. The van der Waals surface area contributed by atoms with Gasteiger partial charge in [-0.05, 0) is 24.1 Å². The highest BCUT2D eigenvalue weighted by Gasteiger charge is 2.15. The fourth-order valence-electron chi connectivity index (χ4n) is 1.63. The van der Waals surface area contributed by atoms with Gasteiger partial charge in [-0.15, -0.1) is 0 Å². The maximum atomic E-state index is 10.2. The molecule has 2 aromatic rings. The van der Waals surface area contributed by atoms with E-state index in [4.69, 9.17) is 0 Å². The number of aryl methyl sites for hydroxylation is 2. The standard InChI is InChI=1S/C12H13BrN2O/c1-8-7-9(3-4-10(8)13)11(16)12-14-5-6-15(12)2/h3-7,11,16H,1-2H3. The summed E-state index contributed by atoms with van der Waals surface area (Å²) in [5.41, 5.74) is 1.96. The zero-order valence-electron chi connectivity index (χ0n) is 9.18. The molecule has 0 bridgehead atoms. The second kappa shape index (κ2) is 4.39. The van der Waals surface area contributed by atoms with E-state index in [2.05, 4.69) is 20.9 Å². The Balaban J connectivity index is 2.38. The number of benzene rings is 1. The van der Waals surface area contributed by atoms with Crippen molar-refractivity contribution in [3.8, 4) is 0 Å². The van der Waals surface area contributed by atoms with Crippen molar-refractivity contribution < 1.29 is 5.11 Å². The van der Waals surface area contributed by atoms with E-state index < -0.39 is 6.10 Å². The van der Waals surface area contributed by atoms with Gasteiger partial charge in [0.2, 0.25) is 0 Å². The maximum absolute atomic E-state index is 10.2. The van der Waals surface area contributed by atoms with Crippen molar-refractivity contribution in [1.29, 1.82) is 0 Å². The average Bonchev–Trinajstić information content (AvgIpc) is 2.67. The minimum Gasteiger partial charge on any atom is -0.380 e. The highest BCUT2D eigenvalue weighted by molar-refractivity contribution is 9.10. The molecule has 1 aromatic carbocycles. The summed E-state index contributed by atoms with van der Waals surface area (Å²) in [5.74, 6) is 0.654. The summed E-state index contributed by atoms with van der Waals surface area (Å²) in [6, 6.07) is 5.80. The van der Waals surface area contributed by atoms with Gasteiger partial charge in [0.05, 0.1) is 0 Å². The number of aliphatic hydroxyl groups is 1. The molecule has 16 heavy (non-hydrogen) atoms. The molecule has 0 saturated heterocycles. The van der Waals surface area contributed by atoms with Crippen LogP contribution in [-0.2, 0) is 7.05 Å². The SMILES string of the molecule is Cc1cc(C(O)c2nccn2C)ccc1Br. The van der Waals surface area contributed by atoms with Crippen LogP contribution in [0.1, 0.15) is 23.1 Å². The molecule has 1 unspecified atom stereocenters. The lowest BCUT2D eigenvalue weighted by atomic mass is 10.1. The average molecular weight is 281 g/mol. The third-order valence-corrected chi connectivity index (χ3v) is 3.49. The van der Waals surface area contributed by atoms with Crippen molar-refractivity contribution in [2.75, 3.05) is 0 Å². The number of aliphatic hydroxyl groups excluding tert-OH is 1. The largest absolute Gasteiger partial charge is 0.380 e. The minimum absolute atomic E-state index is 0.654. The molecule has 0 fully saturated rings. The number of nitrogens with zero attached hydrogens (tertiary/aromatic N) is 2. The smallest absolute Gasteiger partial charge is 0.142 e. The molecule has 0 aliphatic carbocycles. The van der Waals surface area contributed by atoms with Gasteiger partial charge in [-0.2, -0.15) is 0 Å². The Labute approximate surface area is 103 Å². The predicted octanol–water partition coefficient (Wildman–Crippen LogP) is 2.57. The van der Waals surface area contributed by atoms with Gasteiger partial charge in [0.15, 0.2) is 0 Å². The summed E-state index contributed by atoms with van der Waals surface area (Å²) in [6.45, 7) is 2.00. The van der Waals surface area contributed by atoms with Crippen molar-refractivity contribution in [1.82, 2.24) is 9.55 Å². The number of aromatic nitrogens is 2. The lowest BCUT2D eigenvalue weighted by Gasteiger charge is -2.12. The molecule has 84 valence electrons. The summed E-state index contributed by atoms with van der Waals surface area (Å²) in [5, 5.41) is 10.2. The monoisotopic (exact) mass is 280 g/mol. The fourth-order valence-corrected chi connectivity index (χ4v) is 1.87. The van der Waals surface area contributed by atoms with Crippen LogP contribution in [-0.4, -0.2) is 14.7 Å². The molecule has 2 rings (SSSR count). The molecule has 0 aliphatic heterocycles. The van der Waals surface area contributed by atoms with Crippen LogP contribution in [0.5, 0.6) is 0 Å². The quantitative estimate of drug-likeness (QED) is 0.918. The summed E-state index contributed by atoms with van der Waals surface area (Å²) in [7, 11) is 1.87. The van der Waals surface area contributed by atoms with Gasteiger partial charge < -0.3 is 9.67 Å². The Hall–Kier alpha value is -1.13. The van der Waals surface area contributed by atoms with Crippen LogP contribution in [0.25, 0.3) is 0 Å². The Morgan fingerprint density at radius 3 is 2.75 bits per heavy atom. The maximum Gasteiger partial charge on any atom is 0.142 e. The highest BCUT2D eigenvalue weighted by Crippen LogP contribution is 2.24. The second-order valence-corrected chi connectivity index (χ2v) is 4.66. The minimum atomic E-state index is -0.674. The molecule has 1 N–H and O–H groups in total. The van der Waals surface area contributed by atoms with Crippen LogP contribution in [0.2, 0.25) is 0 Å². The Kier molecular flexibility index (Phi) is 3.12. The Morgan fingerprint density at radius 2 is 2.19 bits per heavy atom. The van der Waals surface area contributed by atoms with Gasteiger partial charge in [0.1, 0.15) is 11.9 Å². The van der Waals surface area contributed by atoms with Gasteiger partial charge in [-0.3, -0.25) is 0 Å². The van der Waals surface area contributed by atoms with Crippen LogP contribution in [0.3, 0.4) is 0 Å². The first-order valence-electron chi connectivity index (χ1n) is 5.01. The van der Waals surface area contributed by atoms with Crippen LogP contribution >= 0.6 is 15.9 Å². The summed E-state index contributed by atoms with van der Waals surface area (Å²) < 4.78 is 2.87. The van der Waals surface area contributed by atoms with Gasteiger partial charge >= 0.3 is 0 Å². The number of hydrogen-bond acceptors (Lipinski definition) is 2. The van der Waals surface area contributed by atoms with E-state index >= 15 is 0 Å². The molecule has 4 heteroatoms. The molecule has 0 amide bonds. The molecule has 0 spiro atoms. The third-order valence-electron chi connectivity index (χ3n) is 2.60. The molecular formula is C12H13BrN2O. The number of rotatable bonds is 2. The molecule has 0 radical (unpaired) electrons. The van der Waals surface area contributed by atoms with Gasteiger partial charge in [0, 0.05) is 23.9 Å². The van der Waals surface area contributed by atoms with E-state index in [1.807, 2.05) is 42.9 Å². The normalized spacial score (nSPS) is 12.8. The topological polar surface area (TPSA) is 38.1 Å². The zero-order valence-corrected chi connectivity index (χ0v) is 10.8. The van der Waals surface area contributed by atoms with Crippen molar-refractivity contribution in [2.45, 2.75) is 13.0 Å². The van der Waals surface area contributed by atoms with Crippen LogP contribution in [0.4, 0.5) is 0 Å². The Morgan fingerprint density at radius 1 is 1.44 bits per heavy atom. The molecule has 1 atom stereocenters. The van der Waals surface area contributed by atoms with Crippen LogP contribution < -0.4 is 0 Å². The third kappa shape index (κ3) is 2.03. The lowest BCUT2D eigenvalue weighted by Crippen LogP contribution is -2.07. The molecule has 3 nitrogen and oxygen atoms in total. The number of hydrogen-bond donors (Lipinski definition) is 1. The number of imidazole rings is 1.